The molecule has 1 aliphatic rings. The minimum Gasteiger partial charge on any atom is -0.465 e. The molecule has 6 heteroatoms. The van der Waals surface area contributed by atoms with Gasteiger partial charge in [0.1, 0.15) is 0 Å². The molecule has 0 N–H and O–H groups in total. The van der Waals surface area contributed by atoms with E-state index in [-0.39, 0.29) is 5.97 Å². The molecule has 0 saturated heterocycles. The van der Waals surface area contributed by atoms with Crippen molar-refractivity contribution in [2.75, 3.05) is 7.11 Å². The van der Waals surface area contributed by atoms with Crippen molar-refractivity contribution in [3.63, 3.8) is 0 Å². The Kier molecular flexibility index (Phi) is 3.00. The predicted molar refractivity (Wildman–Crippen MR) is 85.1 cm³/mol. The second-order valence-electron chi connectivity index (χ2n) is 5.51. The largest absolute Gasteiger partial charge is 0.465 e. The number of methoxy groups -OCH3 is 1. The molecule has 0 amide bonds. The van der Waals surface area contributed by atoms with Crippen molar-refractivity contribution in [3.8, 4) is 10.6 Å². The van der Waals surface area contributed by atoms with E-state index in [2.05, 4.69) is 5.10 Å². The summed E-state index contributed by atoms with van der Waals surface area (Å²) >= 11 is 1.60. The molecule has 0 unspecified atom stereocenters. The van der Waals surface area contributed by atoms with Crippen molar-refractivity contribution in [2.24, 2.45) is 7.05 Å². The molecule has 0 aromatic carbocycles. The van der Waals surface area contributed by atoms with Crippen LogP contribution in [0, 0.1) is 0 Å². The SMILES string of the molecule is COC(=O)c1cc(-c2cccs2)nc2c1c(C1CC1)nn2C. The fraction of sp³-hybridized carbons (Fsp3) is 0.312. The number of pyridine rings is 1. The van der Waals surface area contributed by atoms with Gasteiger partial charge in [-0.3, -0.25) is 4.68 Å². The van der Waals surface area contributed by atoms with Crippen LogP contribution >= 0.6 is 11.3 Å². The molecule has 1 saturated carbocycles. The average molecular weight is 313 g/mol. The van der Waals surface area contributed by atoms with Gasteiger partial charge in [-0.15, -0.1) is 11.3 Å². The van der Waals surface area contributed by atoms with Crippen LogP contribution in [0.5, 0.6) is 0 Å². The quantitative estimate of drug-likeness (QED) is 0.696. The molecule has 0 aliphatic heterocycles. The lowest BCUT2D eigenvalue weighted by Gasteiger charge is -2.06. The van der Waals surface area contributed by atoms with E-state index in [4.69, 9.17) is 9.72 Å². The fourth-order valence-corrected chi connectivity index (χ4v) is 3.43. The number of esters is 1. The Morgan fingerprint density at radius 2 is 2.27 bits per heavy atom. The normalized spacial score (nSPS) is 14.5. The molecule has 0 bridgehead atoms. The van der Waals surface area contributed by atoms with Gasteiger partial charge in [0.2, 0.25) is 0 Å². The summed E-state index contributed by atoms with van der Waals surface area (Å²) in [5, 5.41) is 7.44. The summed E-state index contributed by atoms with van der Waals surface area (Å²) in [6.07, 6.45) is 2.25. The van der Waals surface area contributed by atoms with Gasteiger partial charge in [-0.05, 0) is 30.4 Å². The Hall–Kier alpha value is -2.21. The van der Waals surface area contributed by atoms with Gasteiger partial charge >= 0.3 is 5.97 Å². The number of rotatable bonds is 3. The number of fused-ring (bicyclic) bond motifs is 1. The fourth-order valence-electron chi connectivity index (χ4n) is 2.74. The van der Waals surface area contributed by atoms with Gasteiger partial charge in [0.15, 0.2) is 5.65 Å². The van der Waals surface area contributed by atoms with E-state index < -0.39 is 0 Å². The number of nitrogens with zero attached hydrogens (tertiary/aromatic N) is 3. The van der Waals surface area contributed by atoms with Gasteiger partial charge in [-0.25, -0.2) is 9.78 Å². The highest BCUT2D eigenvalue weighted by atomic mass is 32.1. The zero-order valence-electron chi connectivity index (χ0n) is 12.4. The van der Waals surface area contributed by atoms with Crippen LogP contribution in [0.25, 0.3) is 21.6 Å². The van der Waals surface area contributed by atoms with Gasteiger partial charge in [0.25, 0.3) is 0 Å². The lowest BCUT2D eigenvalue weighted by molar-refractivity contribution is 0.0603. The second-order valence-corrected chi connectivity index (χ2v) is 6.45. The molecule has 3 aromatic rings. The summed E-state index contributed by atoms with van der Waals surface area (Å²) in [5.41, 5.74) is 3.07. The first-order valence-corrected chi connectivity index (χ1v) is 8.07. The van der Waals surface area contributed by atoms with Crippen LogP contribution in [0.3, 0.4) is 0 Å². The molecule has 3 heterocycles. The van der Waals surface area contributed by atoms with Crippen LogP contribution in [-0.2, 0) is 11.8 Å². The van der Waals surface area contributed by atoms with Gasteiger partial charge in [-0.2, -0.15) is 5.10 Å². The molecule has 3 aromatic heterocycles. The maximum Gasteiger partial charge on any atom is 0.338 e. The number of thiophene rings is 1. The topological polar surface area (TPSA) is 57.0 Å². The molecule has 0 spiro atoms. The maximum atomic E-state index is 12.3. The highest BCUT2D eigenvalue weighted by molar-refractivity contribution is 7.13. The molecule has 112 valence electrons. The number of carbonyl (C=O) groups excluding carboxylic acids is 1. The van der Waals surface area contributed by atoms with Crippen molar-refractivity contribution >= 4 is 28.3 Å². The van der Waals surface area contributed by atoms with Crippen molar-refractivity contribution in [1.29, 1.82) is 0 Å². The Bertz CT molecular complexity index is 863. The van der Waals surface area contributed by atoms with Crippen LogP contribution in [0.15, 0.2) is 23.6 Å². The zero-order valence-corrected chi connectivity index (χ0v) is 13.2. The third-order valence-electron chi connectivity index (χ3n) is 3.96. The molecule has 1 aliphatic carbocycles. The first-order chi connectivity index (χ1) is 10.7. The molecule has 22 heavy (non-hydrogen) atoms. The molecule has 1 fully saturated rings. The van der Waals surface area contributed by atoms with Crippen LogP contribution in [0.1, 0.15) is 34.8 Å². The Labute approximate surface area is 131 Å². The minimum atomic E-state index is -0.333. The van der Waals surface area contributed by atoms with Gasteiger partial charge < -0.3 is 4.74 Å². The number of hydrogen-bond acceptors (Lipinski definition) is 5. The Balaban J connectivity index is 2.03. The third kappa shape index (κ3) is 2.02. The van der Waals surface area contributed by atoms with Gasteiger partial charge in [0, 0.05) is 13.0 Å². The molecule has 5 nitrogen and oxygen atoms in total. The minimum absolute atomic E-state index is 0.333. The summed E-state index contributed by atoms with van der Waals surface area (Å²) in [6.45, 7) is 0. The smallest absolute Gasteiger partial charge is 0.338 e. The second kappa shape index (κ2) is 4.91. The van der Waals surface area contributed by atoms with E-state index in [1.165, 1.54) is 7.11 Å². The van der Waals surface area contributed by atoms with Gasteiger partial charge in [-0.1, -0.05) is 6.07 Å². The van der Waals surface area contributed by atoms with Crippen LogP contribution in [0.4, 0.5) is 0 Å². The van der Waals surface area contributed by atoms with Crippen molar-refractivity contribution < 1.29 is 9.53 Å². The van der Waals surface area contributed by atoms with Crippen molar-refractivity contribution in [1.82, 2.24) is 14.8 Å². The summed E-state index contributed by atoms with van der Waals surface area (Å²) in [7, 11) is 3.28. The molecular formula is C16H15N3O2S. The number of carbonyl (C=O) groups is 1. The number of aryl methyl sites for hydroxylation is 1. The molecule has 0 radical (unpaired) electrons. The van der Waals surface area contributed by atoms with Crippen LogP contribution < -0.4 is 0 Å². The predicted octanol–water partition coefficient (Wildman–Crippen LogP) is 3.36. The van der Waals surface area contributed by atoms with E-state index in [9.17, 15) is 4.79 Å². The lowest BCUT2D eigenvalue weighted by atomic mass is 10.1. The highest BCUT2D eigenvalue weighted by Crippen LogP contribution is 2.43. The molecular weight excluding hydrogens is 298 g/mol. The summed E-state index contributed by atoms with van der Waals surface area (Å²) < 4.78 is 6.75. The standard InChI is InChI=1S/C16H15N3O2S/c1-19-15-13(14(18-19)9-5-6-9)10(16(20)21-2)8-11(17-15)12-4-3-7-22-12/h3-4,7-9H,5-6H2,1-2H3. The third-order valence-corrected chi connectivity index (χ3v) is 4.86. The highest BCUT2D eigenvalue weighted by Gasteiger charge is 2.32. The van der Waals surface area contributed by atoms with Crippen molar-refractivity contribution in [2.45, 2.75) is 18.8 Å². The van der Waals surface area contributed by atoms with E-state index in [1.54, 1.807) is 16.0 Å². The maximum absolute atomic E-state index is 12.3. The van der Waals surface area contributed by atoms with E-state index in [0.29, 0.717) is 11.5 Å². The zero-order chi connectivity index (χ0) is 15.3. The lowest BCUT2D eigenvalue weighted by Crippen LogP contribution is -2.04. The van der Waals surface area contributed by atoms with Gasteiger partial charge in [0.05, 0.1) is 34.3 Å². The number of aromatic nitrogens is 3. The summed E-state index contributed by atoms with van der Waals surface area (Å²) in [5.74, 6) is 0.113. The first-order valence-electron chi connectivity index (χ1n) is 7.19. The Morgan fingerprint density at radius 1 is 1.45 bits per heavy atom. The molecule has 0 atom stereocenters. The number of ether oxygens (including phenoxy) is 1. The van der Waals surface area contributed by atoms with E-state index in [1.807, 2.05) is 30.6 Å². The van der Waals surface area contributed by atoms with Crippen molar-refractivity contribution in [3.05, 3.63) is 34.8 Å². The van der Waals surface area contributed by atoms with E-state index >= 15 is 0 Å². The summed E-state index contributed by atoms with van der Waals surface area (Å²) in [4.78, 5) is 18.0. The number of hydrogen-bond donors (Lipinski definition) is 0. The average Bonchev–Trinajstić information content (AvgIpc) is 3.12. The molecule has 4 rings (SSSR count). The summed E-state index contributed by atoms with van der Waals surface area (Å²) in [6, 6.07) is 5.80. The van der Waals surface area contributed by atoms with Crippen LogP contribution in [0.2, 0.25) is 0 Å². The van der Waals surface area contributed by atoms with Crippen LogP contribution in [-0.4, -0.2) is 27.8 Å². The first kappa shape index (κ1) is 13.5. The Morgan fingerprint density at radius 3 is 2.91 bits per heavy atom. The monoisotopic (exact) mass is 313 g/mol. The van der Waals surface area contributed by atoms with E-state index in [0.717, 1.165) is 40.1 Å².